The Kier molecular flexibility index (Phi) is 30.1. The maximum atomic E-state index is 4.00. The van der Waals surface area contributed by atoms with Crippen LogP contribution >= 0.6 is 0 Å². The van der Waals surface area contributed by atoms with E-state index in [1.165, 1.54) is 50.3 Å². The van der Waals surface area contributed by atoms with Gasteiger partial charge in [-0.15, -0.1) is 25.7 Å². The first-order valence-corrected chi connectivity index (χ1v) is 23.4. The number of fused-ring (bicyclic) bond motifs is 1. The number of terminal acetylenes is 2. The molecular weight excluding hydrogens is 761 g/mol. The van der Waals surface area contributed by atoms with Crippen molar-refractivity contribution in [3.05, 3.63) is 198 Å². The number of para-hydroxylation sites is 1. The van der Waals surface area contributed by atoms with E-state index in [-0.39, 0.29) is 0 Å². The normalized spacial score (nSPS) is 21.0. The van der Waals surface area contributed by atoms with Crippen LogP contribution in [0.5, 0.6) is 0 Å². The SMILES string of the molecule is C#C.C#C.CC.CC.CC.CC/C=C\C(=C/CC)c1cc(-c2ccccc2)cc(N2C/C=C(C3=C/CN(C4C=CC=CC4)C/C=C\C=C/C(C)C/C=C\3)\C=C/Cc3ccccc32)c1. The summed E-state index contributed by atoms with van der Waals surface area (Å²) in [5.41, 5.74) is 11.3. The standard InChI is InChI=1S/C51H56N2.3C2H6.2C2H2/c1-4-6-23-42(20-5-2)47-38-48(43-24-11-7-12-25-43)40-50(39-47)53-37-34-45(28-19-29-46-26-15-16-32-51(46)53)44-27-18-22-41(3)21-10-9-17-35-52(36-33-44)49-30-13-8-14-31-49;5*1-2/h6-21,23-28,30,32-34,38-41,49H,4-5,22,29,31,35-37H2,1-3H3;3*1-2H3;2*1-2H/b17-9-,21-10-,23-6-,27-18-,28-19-,42-20+,44-33+,45-34+;;;;;. The quantitative estimate of drug-likeness (QED) is 0.165. The molecule has 2 atom stereocenters. The number of benzene rings is 3. The molecule has 3 aromatic rings. The molecule has 2 aliphatic heterocycles. The molecule has 63 heavy (non-hydrogen) atoms. The summed E-state index contributed by atoms with van der Waals surface area (Å²) < 4.78 is 0. The van der Waals surface area contributed by atoms with Crippen LogP contribution < -0.4 is 4.90 Å². The summed E-state index contributed by atoms with van der Waals surface area (Å²) in [6, 6.07) is 27.3. The molecule has 0 radical (unpaired) electrons. The van der Waals surface area contributed by atoms with Gasteiger partial charge in [-0.1, -0.05) is 214 Å². The van der Waals surface area contributed by atoms with E-state index in [1.807, 2.05) is 41.5 Å². The molecule has 0 bridgehead atoms. The minimum Gasteiger partial charge on any atom is -0.337 e. The van der Waals surface area contributed by atoms with Gasteiger partial charge in [0.05, 0.1) is 0 Å². The zero-order valence-electron chi connectivity index (χ0n) is 40.3. The number of hydrogen-bond donors (Lipinski definition) is 0. The average Bonchev–Trinajstić information content (AvgIpc) is 3.46. The molecule has 1 aliphatic carbocycles. The molecule has 0 saturated heterocycles. The van der Waals surface area contributed by atoms with Crippen LogP contribution in [0, 0.1) is 31.6 Å². The van der Waals surface area contributed by atoms with Crippen LogP contribution in [0.15, 0.2) is 187 Å². The lowest BCUT2D eigenvalue weighted by molar-refractivity contribution is 0.280. The van der Waals surface area contributed by atoms with Gasteiger partial charge in [0.1, 0.15) is 0 Å². The maximum absolute atomic E-state index is 4.00. The number of rotatable bonds is 8. The topological polar surface area (TPSA) is 6.48 Å². The van der Waals surface area contributed by atoms with E-state index in [4.69, 9.17) is 0 Å². The van der Waals surface area contributed by atoms with Crippen LogP contribution in [0.3, 0.4) is 0 Å². The molecule has 0 fully saturated rings. The first-order valence-electron chi connectivity index (χ1n) is 23.4. The predicted octanol–water partition coefficient (Wildman–Crippen LogP) is 16.7. The largest absolute Gasteiger partial charge is 0.337 e. The summed E-state index contributed by atoms with van der Waals surface area (Å²) in [5.74, 6) is 0.473. The Morgan fingerprint density at radius 2 is 1.29 bits per heavy atom. The zero-order valence-corrected chi connectivity index (χ0v) is 40.3. The fraction of sp³-hybridized carbons (Fsp3) is 0.311. The molecule has 332 valence electrons. The molecule has 2 heteroatoms. The molecule has 0 N–H and O–H groups in total. The summed E-state index contributed by atoms with van der Waals surface area (Å²) in [6.45, 7) is 21.3. The molecule has 2 nitrogen and oxygen atoms in total. The molecule has 2 unspecified atom stereocenters. The summed E-state index contributed by atoms with van der Waals surface area (Å²) in [4.78, 5) is 5.10. The van der Waals surface area contributed by atoms with Gasteiger partial charge in [-0.2, -0.15) is 0 Å². The lowest BCUT2D eigenvalue weighted by Gasteiger charge is -2.28. The third-order valence-electron chi connectivity index (χ3n) is 10.2. The Morgan fingerprint density at radius 3 is 1.97 bits per heavy atom. The highest BCUT2D eigenvalue weighted by Gasteiger charge is 2.18. The lowest BCUT2D eigenvalue weighted by atomic mass is 9.96. The van der Waals surface area contributed by atoms with Crippen LogP contribution in [0.25, 0.3) is 16.7 Å². The van der Waals surface area contributed by atoms with Crippen LogP contribution in [0.2, 0.25) is 0 Å². The van der Waals surface area contributed by atoms with Crippen LogP contribution in [-0.2, 0) is 6.42 Å². The van der Waals surface area contributed by atoms with Crippen molar-refractivity contribution in [2.75, 3.05) is 24.5 Å². The van der Waals surface area contributed by atoms with E-state index in [0.29, 0.717) is 12.0 Å². The van der Waals surface area contributed by atoms with E-state index >= 15 is 0 Å². The fourth-order valence-electron chi connectivity index (χ4n) is 7.25. The van der Waals surface area contributed by atoms with Crippen molar-refractivity contribution in [2.24, 2.45) is 5.92 Å². The molecule has 6 rings (SSSR count). The third kappa shape index (κ3) is 18.4. The molecule has 3 aromatic carbocycles. The van der Waals surface area contributed by atoms with Crippen molar-refractivity contribution >= 4 is 16.9 Å². The van der Waals surface area contributed by atoms with Gasteiger partial charge < -0.3 is 4.90 Å². The summed E-state index contributed by atoms with van der Waals surface area (Å²) in [6.07, 6.45) is 60.2. The second kappa shape index (κ2) is 34.5. The number of anilines is 2. The number of hydrogen-bond acceptors (Lipinski definition) is 2. The van der Waals surface area contributed by atoms with Crippen LogP contribution in [0.1, 0.15) is 99.1 Å². The van der Waals surface area contributed by atoms with Crippen LogP contribution in [-0.4, -0.2) is 30.6 Å². The van der Waals surface area contributed by atoms with Crippen molar-refractivity contribution in [3.63, 3.8) is 0 Å². The second-order valence-electron chi connectivity index (χ2n) is 14.2. The first-order chi connectivity index (χ1) is 31.1. The minimum atomic E-state index is 0.388. The summed E-state index contributed by atoms with van der Waals surface area (Å²) in [5, 5.41) is 0. The average molecular weight is 839 g/mol. The van der Waals surface area contributed by atoms with Crippen molar-refractivity contribution in [2.45, 2.75) is 100 Å². The van der Waals surface area contributed by atoms with Gasteiger partial charge in [0.25, 0.3) is 0 Å². The van der Waals surface area contributed by atoms with Crippen molar-refractivity contribution in [1.82, 2.24) is 4.90 Å². The van der Waals surface area contributed by atoms with Crippen molar-refractivity contribution < 1.29 is 0 Å². The fourth-order valence-corrected chi connectivity index (χ4v) is 7.25. The van der Waals surface area contributed by atoms with Gasteiger partial charge in [-0.3, -0.25) is 4.90 Å². The zero-order chi connectivity index (χ0) is 46.7. The molecule has 3 aliphatic rings. The Balaban J connectivity index is 0.00000185. The Hall–Kier alpha value is -6.06. The molecule has 0 saturated carbocycles. The highest BCUT2D eigenvalue weighted by atomic mass is 15.1. The molecular formula is C61H78N2. The van der Waals surface area contributed by atoms with Gasteiger partial charge >= 0.3 is 0 Å². The first kappa shape index (κ1) is 55.0. The smallest absolute Gasteiger partial charge is 0.0449 e. The third-order valence-corrected chi connectivity index (χ3v) is 10.2. The predicted molar refractivity (Wildman–Crippen MR) is 285 cm³/mol. The minimum absolute atomic E-state index is 0.388. The van der Waals surface area contributed by atoms with Crippen molar-refractivity contribution in [3.8, 4) is 36.8 Å². The lowest BCUT2D eigenvalue weighted by Crippen LogP contribution is -2.34. The Morgan fingerprint density at radius 1 is 0.635 bits per heavy atom. The molecule has 0 aromatic heterocycles. The molecule has 0 amide bonds. The van der Waals surface area contributed by atoms with E-state index < -0.39 is 0 Å². The number of allylic oxidation sites excluding steroid dienone is 15. The number of nitrogens with zero attached hydrogens (tertiary/aromatic N) is 2. The van der Waals surface area contributed by atoms with Crippen LogP contribution in [0.4, 0.5) is 11.4 Å². The van der Waals surface area contributed by atoms with Crippen molar-refractivity contribution in [1.29, 1.82) is 0 Å². The molecule has 0 spiro atoms. The summed E-state index contributed by atoms with van der Waals surface area (Å²) in [7, 11) is 0. The van der Waals surface area contributed by atoms with E-state index in [2.05, 4.69) is 232 Å². The second-order valence-corrected chi connectivity index (χ2v) is 14.2. The highest BCUT2D eigenvalue weighted by molar-refractivity contribution is 5.83. The van der Waals surface area contributed by atoms with Gasteiger partial charge in [-0.25, -0.2) is 0 Å². The van der Waals surface area contributed by atoms with E-state index in [9.17, 15) is 0 Å². The summed E-state index contributed by atoms with van der Waals surface area (Å²) >= 11 is 0. The Bertz CT molecular complexity index is 2060. The monoisotopic (exact) mass is 839 g/mol. The van der Waals surface area contributed by atoms with Gasteiger partial charge in [0.15, 0.2) is 0 Å². The van der Waals surface area contributed by atoms with Gasteiger partial charge in [0.2, 0.25) is 0 Å². The van der Waals surface area contributed by atoms with Gasteiger partial charge in [0, 0.05) is 37.1 Å². The maximum Gasteiger partial charge on any atom is 0.0449 e. The molecule has 2 heterocycles. The van der Waals surface area contributed by atoms with E-state index in [1.54, 1.807) is 0 Å². The highest BCUT2D eigenvalue weighted by Crippen LogP contribution is 2.36. The van der Waals surface area contributed by atoms with Gasteiger partial charge in [-0.05, 0) is 101 Å². The van der Waals surface area contributed by atoms with E-state index in [0.717, 1.165) is 51.7 Å². The Labute approximate surface area is 386 Å².